The SMILES string of the molecule is COc1cc(Cl)c(C(Cl)c2cc(Br)ccc2Br)cc1OC. The van der Waals surface area contributed by atoms with E-state index < -0.39 is 5.38 Å². The first-order chi connectivity index (χ1) is 9.97. The van der Waals surface area contributed by atoms with Crippen molar-refractivity contribution in [3.8, 4) is 11.5 Å². The lowest BCUT2D eigenvalue weighted by Crippen LogP contribution is -1.99. The monoisotopic (exact) mass is 452 g/mol. The van der Waals surface area contributed by atoms with Gasteiger partial charge < -0.3 is 9.47 Å². The van der Waals surface area contributed by atoms with Crippen molar-refractivity contribution in [2.45, 2.75) is 5.38 Å². The van der Waals surface area contributed by atoms with Crippen molar-refractivity contribution in [2.75, 3.05) is 14.2 Å². The van der Waals surface area contributed by atoms with Gasteiger partial charge in [-0.05, 0) is 35.4 Å². The molecular formula is C15H12Br2Cl2O2. The van der Waals surface area contributed by atoms with E-state index >= 15 is 0 Å². The molecule has 0 spiro atoms. The number of hydrogen-bond donors (Lipinski definition) is 0. The lowest BCUT2D eigenvalue weighted by Gasteiger charge is -2.17. The van der Waals surface area contributed by atoms with Gasteiger partial charge in [-0.15, -0.1) is 11.6 Å². The van der Waals surface area contributed by atoms with Gasteiger partial charge in [-0.3, -0.25) is 0 Å². The molecule has 0 amide bonds. The number of hydrogen-bond acceptors (Lipinski definition) is 2. The summed E-state index contributed by atoms with van der Waals surface area (Å²) < 4.78 is 12.4. The molecule has 0 aliphatic heterocycles. The Morgan fingerprint density at radius 2 is 1.57 bits per heavy atom. The lowest BCUT2D eigenvalue weighted by molar-refractivity contribution is 0.354. The highest BCUT2D eigenvalue weighted by Crippen LogP contribution is 2.42. The number of methoxy groups -OCH3 is 2. The zero-order chi connectivity index (χ0) is 15.6. The van der Waals surface area contributed by atoms with Crippen LogP contribution < -0.4 is 9.47 Å². The van der Waals surface area contributed by atoms with Gasteiger partial charge in [0.25, 0.3) is 0 Å². The molecule has 2 nitrogen and oxygen atoms in total. The summed E-state index contributed by atoms with van der Waals surface area (Å²) in [5.41, 5.74) is 1.68. The van der Waals surface area contributed by atoms with Gasteiger partial charge in [0.2, 0.25) is 0 Å². The van der Waals surface area contributed by atoms with Crippen LogP contribution in [0.3, 0.4) is 0 Å². The molecule has 0 saturated carbocycles. The first kappa shape index (κ1) is 16.9. The van der Waals surface area contributed by atoms with Crippen LogP contribution in [0.2, 0.25) is 5.02 Å². The van der Waals surface area contributed by atoms with Gasteiger partial charge in [0.15, 0.2) is 11.5 Å². The van der Waals surface area contributed by atoms with Crippen molar-refractivity contribution >= 4 is 55.1 Å². The smallest absolute Gasteiger partial charge is 0.162 e. The van der Waals surface area contributed by atoms with Crippen molar-refractivity contribution in [3.05, 3.63) is 55.4 Å². The van der Waals surface area contributed by atoms with Gasteiger partial charge in [-0.25, -0.2) is 0 Å². The van der Waals surface area contributed by atoms with E-state index in [0.29, 0.717) is 16.5 Å². The fraction of sp³-hybridized carbons (Fsp3) is 0.200. The average molecular weight is 455 g/mol. The van der Waals surface area contributed by atoms with Gasteiger partial charge in [-0.1, -0.05) is 43.5 Å². The van der Waals surface area contributed by atoms with Crippen LogP contribution in [-0.4, -0.2) is 14.2 Å². The van der Waals surface area contributed by atoms with Crippen molar-refractivity contribution < 1.29 is 9.47 Å². The number of alkyl halides is 1. The molecule has 6 heteroatoms. The molecule has 0 saturated heterocycles. The van der Waals surface area contributed by atoms with Gasteiger partial charge >= 0.3 is 0 Å². The van der Waals surface area contributed by atoms with Crippen LogP contribution in [0.25, 0.3) is 0 Å². The van der Waals surface area contributed by atoms with E-state index in [9.17, 15) is 0 Å². The Labute approximate surface area is 150 Å². The fourth-order valence-electron chi connectivity index (χ4n) is 1.94. The standard InChI is InChI=1S/C15H12Br2Cl2O2/c1-20-13-6-10(12(18)7-14(13)21-2)15(19)9-5-8(16)3-4-11(9)17/h3-7,15H,1-2H3. The van der Waals surface area contributed by atoms with Crippen LogP contribution in [0.5, 0.6) is 11.5 Å². The van der Waals surface area contributed by atoms with Gasteiger partial charge in [0, 0.05) is 20.0 Å². The third-order valence-corrected chi connectivity index (χ3v) is 5.02. The van der Waals surface area contributed by atoms with E-state index in [-0.39, 0.29) is 0 Å². The fourth-order valence-corrected chi connectivity index (χ4v) is 3.61. The van der Waals surface area contributed by atoms with Crippen molar-refractivity contribution in [2.24, 2.45) is 0 Å². The topological polar surface area (TPSA) is 18.5 Å². The number of benzene rings is 2. The molecular weight excluding hydrogens is 443 g/mol. The predicted molar refractivity (Wildman–Crippen MR) is 94.1 cm³/mol. The Bertz CT molecular complexity index is 662. The Balaban J connectivity index is 2.52. The minimum absolute atomic E-state index is 0.413. The zero-order valence-corrected chi connectivity index (χ0v) is 16.0. The molecule has 0 radical (unpaired) electrons. The second-order valence-electron chi connectivity index (χ2n) is 4.26. The second-order valence-corrected chi connectivity index (χ2v) is 6.87. The molecule has 2 aromatic carbocycles. The maximum atomic E-state index is 6.61. The zero-order valence-electron chi connectivity index (χ0n) is 11.3. The van der Waals surface area contributed by atoms with E-state index in [1.165, 1.54) is 0 Å². The number of halogens is 4. The van der Waals surface area contributed by atoms with Gasteiger partial charge in [-0.2, -0.15) is 0 Å². The first-order valence-electron chi connectivity index (χ1n) is 5.98. The molecule has 0 aliphatic carbocycles. The molecule has 0 N–H and O–H groups in total. The van der Waals surface area contributed by atoms with Gasteiger partial charge in [0.1, 0.15) is 0 Å². The Morgan fingerprint density at radius 3 is 2.19 bits per heavy atom. The summed E-state index contributed by atoms with van der Waals surface area (Å²) in [7, 11) is 3.14. The van der Waals surface area contributed by atoms with Crippen molar-refractivity contribution in [1.82, 2.24) is 0 Å². The molecule has 0 bridgehead atoms. The van der Waals surface area contributed by atoms with E-state index in [4.69, 9.17) is 32.7 Å². The maximum absolute atomic E-state index is 6.61. The van der Waals surface area contributed by atoms with Gasteiger partial charge in [0.05, 0.1) is 19.6 Å². The molecule has 0 aliphatic rings. The minimum Gasteiger partial charge on any atom is -0.493 e. The molecule has 112 valence electrons. The summed E-state index contributed by atoms with van der Waals surface area (Å²) in [6.07, 6.45) is 0. The summed E-state index contributed by atoms with van der Waals surface area (Å²) in [6, 6.07) is 9.33. The van der Waals surface area contributed by atoms with Crippen molar-refractivity contribution in [3.63, 3.8) is 0 Å². The third-order valence-electron chi connectivity index (χ3n) is 3.01. The molecule has 0 fully saturated rings. The quantitative estimate of drug-likeness (QED) is 0.511. The molecule has 0 heterocycles. The van der Waals surface area contributed by atoms with Crippen LogP contribution >= 0.6 is 55.1 Å². The van der Waals surface area contributed by atoms with Crippen molar-refractivity contribution in [1.29, 1.82) is 0 Å². The first-order valence-corrected chi connectivity index (χ1v) is 8.38. The van der Waals surface area contributed by atoms with Crippen LogP contribution in [0.4, 0.5) is 0 Å². The summed E-state index contributed by atoms with van der Waals surface area (Å²) in [4.78, 5) is 0. The number of rotatable bonds is 4. The lowest BCUT2D eigenvalue weighted by atomic mass is 10.0. The highest BCUT2D eigenvalue weighted by molar-refractivity contribution is 9.11. The second kappa shape index (κ2) is 7.23. The molecule has 2 aromatic rings. The highest BCUT2D eigenvalue weighted by Gasteiger charge is 2.20. The Morgan fingerprint density at radius 1 is 0.952 bits per heavy atom. The average Bonchev–Trinajstić information content (AvgIpc) is 2.48. The van der Waals surface area contributed by atoms with Crippen LogP contribution in [0.1, 0.15) is 16.5 Å². The van der Waals surface area contributed by atoms with E-state index in [1.54, 1.807) is 26.4 Å². The summed E-state index contributed by atoms with van der Waals surface area (Å²) in [5.74, 6) is 1.16. The largest absolute Gasteiger partial charge is 0.493 e. The molecule has 2 rings (SSSR count). The molecule has 1 unspecified atom stereocenters. The van der Waals surface area contributed by atoms with E-state index in [2.05, 4.69) is 31.9 Å². The summed E-state index contributed by atoms with van der Waals surface area (Å²) in [5, 5.41) is 0.115. The molecule has 1 atom stereocenters. The minimum atomic E-state index is -0.413. The maximum Gasteiger partial charge on any atom is 0.162 e. The Hall–Kier alpha value is -0.420. The van der Waals surface area contributed by atoms with E-state index in [1.807, 2.05) is 18.2 Å². The summed E-state index contributed by atoms with van der Waals surface area (Å²) >= 11 is 19.9. The molecule has 0 aromatic heterocycles. The van der Waals surface area contributed by atoms with Crippen LogP contribution in [0, 0.1) is 0 Å². The van der Waals surface area contributed by atoms with Crippen LogP contribution in [-0.2, 0) is 0 Å². The highest BCUT2D eigenvalue weighted by atomic mass is 79.9. The van der Waals surface area contributed by atoms with Crippen LogP contribution in [0.15, 0.2) is 39.3 Å². The predicted octanol–water partition coefficient (Wildman–Crippen LogP) is 6.21. The Kier molecular flexibility index (Phi) is 5.83. The van der Waals surface area contributed by atoms with E-state index in [0.717, 1.165) is 20.1 Å². The molecule has 21 heavy (non-hydrogen) atoms. The third kappa shape index (κ3) is 3.67. The number of ether oxygens (including phenoxy) is 2. The summed E-state index contributed by atoms with van der Waals surface area (Å²) in [6.45, 7) is 0. The normalized spacial score (nSPS) is 12.1.